The topological polar surface area (TPSA) is 38.7 Å². The molecule has 0 saturated heterocycles. The summed E-state index contributed by atoms with van der Waals surface area (Å²) in [5, 5.41) is 8.43. The molecule has 2 aromatic rings. The van der Waals surface area contributed by atoms with Crippen molar-refractivity contribution in [3.63, 3.8) is 0 Å². The van der Waals surface area contributed by atoms with Crippen LogP contribution in [0.4, 0.5) is 0 Å². The van der Waals surface area contributed by atoms with Crippen LogP contribution in [0.5, 0.6) is 0 Å². The molecule has 0 spiro atoms. The van der Waals surface area contributed by atoms with Crippen molar-refractivity contribution in [3.05, 3.63) is 72.8 Å². The number of hydrogen-bond acceptors (Lipinski definition) is 3. The number of aliphatic hydroxyl groups is 1. The molecule has 0 aliphatic rings. The lowest BCUT2D eigenvalue weighted by Gasteiger charge is -2.05. The van der Waals surface area contributed by atoms with Gasteiger partial charge in [0.05, 0.1) is 12.7 Å². The molecule has 2 rings (SSSR count). The second kappa shape index (κ2) is 24.4. The molecule has 0 radical (unpaired) electrons. The van der Waals surface area contributed by atoms with Gasteiger partial charge in [-0.05, 0) is 18.3 Å². The third-order valence-electron chi connectivity index (χ3n) is 2.24. The SMILES string of the molecule is CC(C)(C)C.COCC(C)C.COCC(C)O.c1ccccc1.c1ccccc1. The molecular formula is C26H46O3. The lowest BCUT2D eigenvalue weighted by Crippen LogP contribution is -2.07. The highest BCUT2D eigenvalue weighted by Crippen LogP contribution is 2.08. The van der Waals surface area contributed by atoms with E-state index in [-0.39, 0.29) is 6.10 Å². The zero-order chi connectivity index (χ0) is 23.0. The second-order valence-corrected chi connectivity index (χ2v) is 8.46. The normalized spacial score (nSPS) is 10.4. The number of hydrogen-bond donors (Lipinski definition) is 1. The molecule has 0 aromatic heterocycles. The van der Waals surface area contributed by atoms with Crippen LogP contribution in [0.3, 0.4) is 0 Å². The summed E-state index contributed by atoms with van der Waals surface area (Å²) in [6.45, 7) is 16.0. The van der Waals surface area contributed by atoms with Gasteiger partial charge in [-0.15, -0.1) is 0 Å². The minimum atomic E-state index is -0.324. The molecule has 168 valence electrons. The largest absolute Gasteiger partial charge is 0.391 e. The summed E-state index contributed by atoms with van der Waals surface area (Å²) >= 11 is 0. The highest BCUT2D eigenvalue weighted by Gasteiger charge is 1.95. The Morgan fingerprint density at radius 1 is 0.586 bits per heavy atom. The maximum absolute atomic E-state index is 8.43. The maximum atomic E-state index is 8.43. The first-order chi connectivity index (χ1) is 13.5. The first-order valence-corrected chi connectivity index (χ1v) is 10.2. The van der Waals surface area contributed by atoms with Crippen LogP contribution in [-0.4, -0.2) is 38.6 Å². The van der Waals surface area contributed by atoms with Crippen molar-refractivity contribution >= 4 is 0 Å². The van der Waals surface area contributed by atoms with E-state index < -0.39 is 0 Å². The number of rotatable bonds is 4. The van der Waals surface area contributed by atoms with Crippen LogP contribution in [0.1, 0.15) is 48.5 Å². The van der Waals surface area contributed by atoms with Gasteiger partial charge in [-0.25, -0.2) is 0 Å². The van der Waals surface area contributed by atoms with Crippen LogP contribution in [0, 0.1) is 11.3 Å². The number of ether oxygens (including phenoxy) is 2. The fourth-order valence-corrected chi connectivity index (χ4v) is 1.34. The molecule has 0 aliphatic carbocycles. The molecule has 3 heteroatoms. The van der Waals surface area contributed by atoms with Crippen LogP contribution >= 0.6 is 0 Å². The van der Waals surface area contributed by atoms with Crippen molar-refractivity contribution in [3.8, 4) is 0 Å². The molecule has 2 aromatic carbocycles. The smallest absolute Gasteiger partial charge is 0.0745 e. The summed E-state index contributed by atoms with van der Waals surface area (Å²) in [7, 11) is 3.28. The van der Waals surface area contributed by atoms with E-state index in [0.717, 1.165) is 6.61 Å². The van der Waals surface area contributed by atoms with Gasteiger partial charge >= 0.3 is 0 Å². The highest BCUT2D eigenvalue weighted by atomic mass is 16.5. The predicted octanol–water partition coefficient (Wildman–Crippen LogP) is 6.73. The average molecular weight is 407 g/mol. The number of methoxy groups -OCH3 is 2. The Morgan fingerprint density at radius 3 is 0.828 bits per heavy atom. The Hall–Kier alpha value is -1.68. The minimum Gasteiger partial charge on any atom is -0.391 e. The molecule has 0 bridgehead atoms. The van der Waals surface area contributed by atoms with Crippen LogP contribution in [0.15, 0.2) is 72.8 Å². The van der Waals surface area contributed by atoms with Crippen LogP contribution in [0.2, 0.25) is 0 Å². The van der Waals surface area contributed by atoms with E-state index in [2.05, 4.69) is 46.3 Å². The minimum absolute atomic E-state index is 0.324. The fraction of sp³-hybridized carbons (Fsp3) is 0.538. The van der Waals surface area contributed by atoms with Gasteiger partial charge < -0.3 is 14.6 Å². The molecule has 0 heterocycles. The highest BCUT2D eigenvalue weighted by molar-refractivity contribution is 4.99. The predicted molar refractivity (Wildman–Crippen MR) is 128 cm³/mol. The zero-order valence-electron chi connectivity index (χ0n) is 20.3. The van der Waals surface area contributed by atoms with E-state index in [0.29, 0.717) is 17.9 Å². The van der Waals surface area contributed by atoms with Crippen molar-refractivity contribution in [2.24, 2.45) is 11.3 Å². The molecule has 29 heavy (non-hydrogen) atoms. The Labute approximate surface area is 181 Å². The third-order valence-corrected chi connectivity index (χ3v) is 2.24. The molecule has 1 atom stereocenters. The van der Waals surface area contributed by atoms with Gasteiger partial charge in [-0.3, -0.25) is 0 Å². The van der Waals surface area contributed by atoms with Crippen molar-refractivity contribution in [1.29, 1.82) is 0 Å². The summed E-state index contributed by atoms with van der Waals surface area (Å²) in [4.78, 5) is 0. The molecule has 0 aliphatic heterocycles. The van der Waals surface area contributed by atoms with E-state index in [9.17, 15) is 0 Å². The number of benzene rings is 2. The summed E-state index contributed by atoms with van der Waals surface area (Å²) in [6.07, 6.45) is -0.324. The lowest BCUT2D eigenvalue weighted by atomic mass is 10.0. The fourth-order valence-electron chi connectivity index (χ4n) is 1.34. The van der Waals surface area contributed by atoms with Crippen LogP contribution < -0.4 is 0 Å². The van der Waals surface area contributed by atoms with E-state index in [4.69, 9.17) is 9.84 Å². The van der Waals surface area contributed by atoms with Crippen molar-refractivity contribution in [1.82, 2.24) is 0 Å². The quantitative estimate of drug-likeness (QED) is 0.612. The molecule has 0 fully saturated rings. The van der Waals surface area contributed by atoms with Gasteiger partial charge in [0.15, 0.2) is 0 Å². The molecule has 0 amide bonds. The van der Waals surface area contributed by atoms with Gasteiger partial charge in [0.1, 0.15) is 0 Å². The summed E-state index contributed by atoms with van der Waals surface area (Å²) in [6, 6.07) is 24.0. The van der Waals surface area contributed by atoms with Gasteiger partial charge in [-0.2, -0.15) is 0 Å². The van der Waals surface area contributed by atoms with Gasteiger partial charge in [0, 0.05) is 20.8 Å². The standard InChI is InChI=1S/2C6H6.C5H12O.C5H12.C4H10O2/c2*1-2-4-6-5-3-1;1-5(2)4-6-3;1-5(2,3)4;1-4(5)3-6-2/h2*1-6H;5H,4H2,1-3H3;1-4H3;4-5H,3H2,1-2H3. The Balaban J connectivity index is -0.000000292. The first-order valence-electron chi connectivity index (χ1n) is 10.2. The van der Waals surface area contributed by atoms with Gasteiger partial charge in [0.2, 0.25) is 0 Å². The Bertz CT molecular complexity index is 375. The van der Waals surface area contributed by atoms with E-state index in [1.165, 1.54) is 0 Å². The zero-order valence-corrected chi connectivity index (χ0v) is 20.3. The van der Waals surface area contributed by atoms with Crippen LogP contribution in [0.25, 0.3) is 0 Å². The number of aliphatic hydroxyl groups excluding tert-OH is 1. The molecule has 1 unspecified atom stereocenters. The lowest BCUT2D eigenvalue weighted by molar-refractivity contribution is 0.0765. The first kappa shape index (κ1) is 32.0. The van der Waals surface area contributed by atoms with E-state index in [1.54, 1.807) is 21.1 Å². The monoisotopic (exact) mass is 406 g/mol. The Kier molecular flexibility index (Phi) is 26.9. The van der Waals surface area contributed by atoms with Crippen molar-refractivity contribution < 1.29 is 14.6 Å². The van der Waals surface area contributed by atoms with Crippen LogP contribution in [-0.2, 0) is 9.47 Å². The molecule has 0 saturated carbocycles. The third kappa shape index (κ3) is 58.4. The van der Waals surface area contributed by atoms with E-state index >= 15 is 0 Å². The average Bonchev–Trinajstić information content (AvgIpc) is 2.64. The van der Waals surface area contributed by atoms with Gasteiger partial charge in [-0.1, -0.05) is 114 Å². The summed E-state index contributed by atoms with van der Waals surface area (Å²) < 4.78 is 9.36. The maximum Gasteiger partial charge on any atom is 0.0745 e. The second-order valence-electron chi connectivity index (χ2n) is 8.46. The summed E-state index contributed by atoms with van der Waals surface area (Å²) in [5.74, 6) is 0.676. The van der Waals surface area contributed by atoms with E-state index in [1.807, 2.05) is 72.8 Å². The molecule has 3 nitrogen and oxygen atoms in total. The molecule has 1 N–H and O–H groups in total. The summed E-state index contributed by atoms with van der Waals surface area (Å²) in [5.41, 5.74) is 0.500. The van der Waals surface area contributed by atoms with Gasteiger partial charge in [0.25, 0.3) is 0 Å². The van der Waals surface area contributed by atoms with Crippen molar-refractivity contribution in [2.45, 2.75) is 54.6 Å². The van der Waals surface area contributed by atoms with Crippen molar-refractivity contribution in [2.75, 3.05) is 27.4 Å². The molecular weight excluding hydrogens is 360 g/mol. The Morgan fingerprint density at radius 2 is 0.793 bits per heavy atom.